The van der Waals surface area contributed by atoms with Crippen LogP contribution in [0.5, 0.6) is 11.5 Å². The number of Topliss-reactive ketones (excluding diaryl/α,β-unsaturated/α-hetero) is 1. The first kappa shape index (κ1) is 15.8. The van der Waals surface area contributed by atoms with Gasteiger partial charge in [0.1, 0.15) is 5.57 Å². The van der Waals surface area contributed by atoms with E-state index in [-0.39, 0.29) is 12.4 Å². The number of rotatable bonds is 4. The summed E-state index contributed by atoms with van der Waals surface area (Å²) in [4.78, 5) is 24.8. The Kier molecular flexibility index (Phi) is 4.33. The Morgan fingerprint density at radius 3 is 2.46 bits per heavy atom. The van der Waals surface area contributed by atoms with E-state index < -0.39 is 11.8 Å². The minimum atomic E-state index is -0.682. The highest BCUT2D eigenvalue weighted by atomic mass is 16.7. The first-order chi connectivity index (χ1) is 11.6. The van der Waals surface area contributed by atoms with Crippen molar-refractivity contribution in [3.05, 3.63) is 64.7 Å². The molecule has 2 aromatic rings. The first-order valence-corrected chi connectivity index (χ1v) is 7.39. The molecule has 5 heteroatoms. The van der Waals surface area contributed by atoms with Gasteiger partial charge in [0, 0.05) is 5.56 Å². The molecular weight excluding hydrogens is 308 g/mol. The van der Waals surface area contributed by atoms with Gasteiger partial charge in [-0.05, 0) is 36.8 Å². The van der Waals surface area contributed by atoms with Crippen molar-refractivity contribution in [1.82, 2.24) is 0 Å². The molecule has 0 amide bonds. The maximum atomic E-state index is 12.8. The maximum Gasteiger partial charge on any atom is 0.341 e. The molecule has 0 atom stereocenters. The highest BCUT2D eigenvalue weighted by Crippen LogP contribution is 2.33. The van der Waals surface area contributed by atoms with Crippen molar-refractivity contribution < 1.29 is 23.8 Å². The number of ketones is 1. The summed E-state index contributed by atoms with van der Waals surface area (Å²) in [6.07, 6.45) is 1.53. The second kappa shape index (κ2) is 6.58. The molecule has 1 heterocycles. The summed E-state index contributed by atoms with van der Waals surface area (Å²) in [5, 5.41) is 0. The molecule has 0 saturated carbocycles. The number of ether oxygens (including phenoxy) is 3. The van der Waals surface area contributed by atoms with Crippen LogP contribution in [0.1, 0.15) is 21.5 Å². The number of esters is 1. The molecule has 0 spiro atoms. The number of benzene rings is 2. The fourth-order valence-corrected chi connectivity index (χ4v) is 2.35. The summed E-state index contributed by atoms with van der Waals surface area (Å²) in [7, 11) is 1.25. The lowest BCUT2D eigenvalue weighted by Crippen LogP contribution is -2.14. The number of fused-ring (bicyclic) bond motifs is 1. The van der Waals surface area contributed by atoms with E-state index in [1.807, 2.05) is 31.2 Å². The molecule has 3 rings (SSSR count). The molecule has 2 aromatic carbocycles. The van der Waals surface area contributed by atoms with Crippen molar-refractivity contribution in [1.29, 1.82) is 0 Å². The normalized spacial score (nSPS) is 12.8. The average Bonchev–Trinajstić information content (AvgIpc) is 3.07. The van der Waals surface area contributed by atoms with Crippen LogP contribution in [0, 0.1) is 6.92 Å². The van der Waals surface area contributed by atoms with Gasteiger partial charge in [0.25, 0.3) is 0 Å². The van der Waals surface area contributed by atoms with E-state index in [2.05, 4.69) is 0 Å². The second-order valence-corrected chi connectivity index (χ2v) is 5.36. The van der Waals surface area contributed by atoms with E-state index in [0.717, 1.165) is 11.1 Å². The average molecular weight is 324 g/mol. The van der Waals surface area contributed by atoms with Crippen LogP contribution in [-0.2, 0) is 9.53 Å². The zero-order chi connectivity index (χ0) is 17.1. The predicted octanol–water partition coefficient (Wildman–Crippen LogP) is 3.16. The van der Waals surface area contributed by atoms with Crippen molar-refractivity contribution >= 4 is 17.8 Å². The Morgan fingerprint density at radius 1 is 1.04 bits per heavy atom. The lowest BCUT2D eigenvalue weighted by molar-refractivity contribution is -0.135. The number of carbonyl (C=O) groups is 2. The van der Waals surface area contributed by atoms with Crippen molar-refractivity contribution in [2.45, 2.75) is 6.92 Å². The van der Waals surface area contributed by atoms with Gasteiger partial charge in [-0.3, -0.25) is 4.79 Å². The quantitative estimate of drug-likeness (QED) is 0.284. The van der Waals surface area contributed by atoms with Gasteiger partial charge >= 0.3 is 5.97 Å². The van der Waals surface area contributed by atoms with Crippen LogP contribution in [0.15, 0.2) is 48.0 Å². The smallest absolute Gasteiger partial charge is 0.341 e. The minimum absolute atomic E-state index is 0.0415. The second-order valence-electron chi connectivity index (χ2n) is 5.36. The molecular formula is C19H16O5. The van der Waals surface area contributed by atoms with Gasteiger partial charge in [-0.15, -0.1) is 0 Å². The molecule has 0 fully saturated rings. The Balaban J connectivity index is 1.98. The lowest BCUT2D eigenvalue weighted by Gasteiger charge is -2.06. The molecule has 0 saturated heterocycles. The molecule has 5 nitrogen and oxygen atoms in total. The Morgan fingerprint density at radius 2 is 1.75 bits per heavy atom. The zero-order valence-corrected chi connectivity index (χ0v) is 13.4. The molecule has 0 aromatic heterocycles. The number of aryl methyl sites for hydroxylation is 1. The fourth-order valence-electron chi connectivity index (χ4n) is 2.35. The van der Waals surface area contributed by atoms with E-state index in [4.69, 9.17) is 14.2 Å². The Labute approximate surface area is 139 Å². The summed E-state index contributed by atoms with van der Waals surface area (Å²) >= 11 is 0. The number of methoxy groups -OCH3 is 1. The van der Waals surface area contributed by atoms with Gasteiger partial charge in [-0.2, -0.15) is 0 Å². The van der Waals surface area contributed by atoms with Gasteiger partial charge in [-0.25, -0.2) is 4.79 Å². The Bertz CT molecular complexity index is 818. The molecule has 0 radical (unpaired) electrons. The van der Waals surface area contributed by atoms with Crippen LogP contribution in [0.25, 0.3) is 6.08 Å². The SMILES string of the molecule is COC(=O)/C(=C\c1ccc(C)cc1)C(=O)c1ccc2c(c1)OCO2. The molecule has 1 aliphatic rings. The van der Waals surface area contributed by atoms with Crippen molar-refractivity contribution in [3.8, 4) is 11.5 Å². The summed E-state index contributed by atoms with van der Waals surface area (Å²) in [6.45, 7) is 2.09. The molecule has 0 N–H and O–H groups in total. The number of carbonyl (C=O) groups excluding carboxylic acids is 2. The topological polar surface area (TPSA) is 61.8 Å². The van der Waals surface area contributed by atoms with Crippen LogP contribution in [0.2, 0.25) is 0 Å². The summed E-state index contributed by atoms with van der Waals surface area (Å²) in [6, 6.07) is 12.3. The third-order valence-electron chi connectivity index (χ3n) is 3.67. The highest BCUT2D eigenvalue weighted by molar-refractivity contribution is 6.27. The number of hydrogen-bond donors (Lipinski definition) is 0. The minimum Gasteiger partial charge on any atom is -0.465 e. The van der Waals surface area contributed by atoms with Crippen molar-refractivity contribution in [2.24, 2.45) is 0 Å². The molecule has 1 aliphatic heterocycles. The summed E-state index contributed by atoms with van der Waals surface area (Å²) in [5.74, 6) is -0.0481. The van der Waals surface area contributed by atoms with E-state index >= 15 is 0 Å². The third kappa shape index (κ3) is 3.15. The van der Waals surface area contributed by atoms with E-state index in [0.29, 0.717) is 17.1 Å². The molecule has 24 heavy (non-hydrogen) atoms. The van der Waals surface area contributed by atoms with Gasteiger partial charge in [0.15, 0.2) is 17.3 Å². The van der Waals surface area contributed by atoms with Gasteiger partial charge in [-0.1, -0.05) is 29.8 Å². The third-order valence-corrected chi connectivity index (χ3v) is 3.67. The molecule has 0 unspecified atom stereocenters. The van der Waals surface area contributed by atoms with Crippen LogP contribution >= 0.6 is 0 Å². The van der Waals surface area contributed by atoms with E-state index in [9.17, 15) is 9.59 Å². The standard InChI is InChI=1S/C19H16O5/c1-12-3-5-13(6-4-12)9-15(19(21)22-2)18(20)14-7-8-16-17(10-14)24-11-23-16/h3-10H,11H2,1-2H3/b15-9-. The van der Waals surface area contributed by atoms with Gasteiger partial charge < -0.3 is 14.2 Å². The largest absolute Gasteiger partial charge is 0.465 e. The predicted molar refractivity (Wildman–Crippen MR) is 88.1 cm³/mol. The molecule has 122 valence electrons. The number of hydrogen-bond acceptors (Lipinski definition) is 5. The van der Waals surface area contributed by atoms with Crippen molar-refractivity contribution in [2.75, 3.05) is 13.9 Å². The molecule has 0 bridgehead atoms. The van der Waals surface area contributed by atoms with Gasteiger partial charge in [0.05, 0.1) is 7.11 Å². The summed E-state index contributed by atoms with van der Waals surface area (Å²) in [5.41, 5.74) is 2.13. The van der Waals surface area contributed by atoms with E-state index in [1.54, 1.807) is 18.2 Å². The van der Waals surface area contributed by atoms with Gasteiger partial charge in [0.2, 0.25) is 6.79 Å². The summed E-state index contributed by atoms with van der Waals surface area (Å²) < 4.78 is 15.3. The molecule has 0 aliphatic carbocycles. The first-order valence-electron chi connectivity index (χ1n) is 7.39. The highest BCUT2D eigenvalue weighted by Gasteiger charge is 2.23. The van der Waals surface area contributed by atoms with Crippen LogP contribution in [0.4, 0.5) is 0 Å². The van der Waals surface area contributed by atoms with Crippen LogP contribution in [0.3, 0.4) is 0 Å². The maximum absolute atomic E-state index is 12.8. The van der Waals surface area contributed by atoms with Crippen molar-refractivity contribution in [3.63, 3.8) is 0 Å². The van der Waals surface area contributed by atoms with Crippen LogP contribution in [-0.4, -0.2) is 25.7 Å². The lowest BCUT2D eigenvalue weighted by atomic mass is 10.00. The monoisotopic (exact) mass is 324 g/mol. The Hall–Kier alpha value is -3.08. The van der Waals surface area contributed by atoms with Crippen LogP contribution < -0.4 is 9.47 Å². The van der Waals surface area contributed by atoms with E-state index in [1.165, 1.54) is 13.2 Å². The fraction of sp³-hybridized carbons (Fsp3) is 0.158. The zero-order valence-electron chi connectivity index (χ0n) is 13.4.